The molecule has 204 valence electrons. The standard InChI is InChI=1S/C27H35ClN6O4/c1-29-26(36)18-6-3-4-7-19(18)27(37)34-13-11-20-21(28)9-10-23(38-16-17-14-32(2)31-30-17)25(20)22(34)15-33-12-5-8-24(33)35/h9-10,14,18-19,22H,3-8,11-13,15-16H2,1-2H3,(H,29,36)/t18-,19+,22?/m0/s1. The fraction of sp³-hybridized carbons (Fsp3) is 0.593. The molecule has 38 heavy (non-hydrogen) atoms. The van der Waals surface area contributed by atoms with E-state index >= 15 is 0 Å². The Hall–Kier alpha value is -3.14. The summed E-state index contributed by atoms with van der Waals surface area (Å²) in [6, 6.07) is 3.24. The largest absolute Gasteiger partial charge is 0.487 e. The Morgan fingerprint density at radius 3 is 2.61 bits per heavy atom. The van der Waals surface area contributed by atoms with Crippen LogP contribution in [0.2, 0.25) is 5.02 Å². The molecule has 1 unspecified atom stereocenters. The van der Waals surface area contributed by atoms with Gasteiger partial charge >= 0.3 is 0 Å². The summed E-state index contributed by atoms with van der Waals surface area (Å²) < 4.78 is 7.87. The number of ether oxygens (including phenoxy) is 1. The Morgan fingerprint density at radius 1 is 1.13 bits per heavy atom. The number of aromatic nitrogens is 3. The highest BCUT2D eigenvalue weighted by atomic mass is 35.5. The molecule has 1 saturated heterocycles. The molecule has 3 heterocycles. The van der Waals surface area contributed by atoms with E-state index < -0.39 is 6.04 Å². The zero-order chi connectivity index (χ0) is 26.8. The van der Waals surface area contributed by atoms with Crippen LogP contribution in [0.5, 0.6) is 5.75 Å². The minimum atomic E-state index is -0.420. The molecule has 0 bridgehead atoms. The number of hydrogen-bond donors (Lipinski definition) is 1. The van der Waals surface area contributed by atoms with Gasteiger partial charge in [0.2, 0.25) is 17.7 Å². The van der Waals surface area contributed by atoms with Crippen molar-refractivity contribution in [3.63, 3.8) is 0 Å². The van der Waals surface area contributed by atoms with Gasteiger partial charge in [0.05, 0.1) is 12.2 Å². The van der Waals surface area contributed by atoms with Crippen LogP contribution in [0.25, 0.3) is 0 Å². The van der Waals surface area contributed by atoms with Crippen molar-refractivity contribution in [2.45, 2.75) is 57.6 Å². The molecule has 1 saturated carbocycles. The third-order valence-corrected chi connectivity index (χ3v) is 8.47. The first kappa shape index (κ1) is 26.5. The molecular weight excluding hydrogens is 508 g/mol. The number of amides is 3. The molecule has 2 aliphatic heterocycles. The normalized spacial score (nSPS) is 23.3. The molecular formula is C27H35ClN6O4. The third kappa shape index (κ3) is 5.23. The quantitative estimate of drug-likeness (QED) is 0.576. The lowest BCUT2D eigenvalue weighted by molar-refractivity contribution is -0.147. The SMILES string of the molecule is CNC(=O)[C@H]1CCCC[C@H]1C(=O)N1CCc2c(Cl)ccc(OCc3cn(C)nn3)c2C1CN1CCCC1=O. The van der Waals surface area contributed by atoms with Crippen molar-refractivity contribution in [1.29, 1.82) is 0 Å². The number of nitrogens with zero attached hydrogens (tertiary/aromatic N) is 5. The number of halogens is 1. The maximum atomic E-state index is 14.2. The number of likely N-dealkylation sites (tertiary alicyclic amines) is 1. The summed E-state index contributed by atoms with van der Waals surface area (Å²) in [6.45, 7) is 1.72. The van der Waals surface area contributed by atoms with E-state index in [1.165, 1.54) is 0 Å². The predicted molar refractivity (Wildman–Crippen MR) is 140 cm³/mol. The second kappa shape index (κ2) is 11.3. The van der Waals surface area contributed by atoms with Crippen LogP contribution < -0.4 is 10.1 Å². The number of nitrogens with one attached hydrogen (secondary N) is 1. The first-order valence-electron chi connectivity index (χ1n) is 13.5. The second-order valence-corrected chi connectivity index (χ2v) is 10.9. The van der Waals surface area contributed by atoms with E-state index in [1.807, 2.05) is 21.9 Å². The zero-order valence-corrected chi connectivity index (χ0v) is 22.7. The number of carbonyl (C=O) groups is 3. The lowest BCUT2D eigenvalue weighted by Crippen LogP contribution is -2.50. The molecule has 0 radical (unpaired) electrons. The van der Waals surface area contributed by atoms with Gasteiger partial charge in [0.1, 0.15) is 18.1 Å². The molecule has 2 aromatic rings. The highest BCUT2D eigenvalue weighted by Crippen LogP contribution is 2.43. The van der Waals surface area contributed by atoms with Crippen LogP contribution in [0.3, 0.4) is 0 Å². The van der Waals surface area contributed by atoms with E-state index in [4.69, 9.17) is 16.3 Å². The van der Waals surface area contributed by atoms with E-state index in [-0.39, 0.29) is 36.2 Å². The molecule has 1 N–H and O–H groups in total. The molecule has 10 nitrogen and oxygen atoms in total. The average Bonchev–Trinajstić information content (AvgIpc) is 3.54. The minimum Gasteiger partial charge on any atom is -0.487 e. The minimum absolute atomic E-state index is 0.0274. The number of rotatable bonds is 7. The molecule has 3 aliphatic rings. The molecule has 1 aliphatic carbocycles. The van der Waals surface area contributed by atoms with Gasteiger partial charge in [-0.2, -0.15) is 0 Å². The highest BCUT2D eigenvalue weighted by molar-refractivity contribution is 6.31. The maximum Gasteiger partial charge on any atom is 0.227 e. The van der Waals surface area contributed by atoms with Crippen LogP contribution in [0.4, 0.5) is 0 Å². The third-order valence-electron chi connectivity index (χ3n) is 8.11. The smallest absolute Gasteiger partial charge is 0.227 e. The van der Waals surface area contributed by atoms with Crippen molar-refractivity contribution in [2.24, 2.45) is 18.9 Å². The van der Waals surface area contributed by atoms with E-state index in [0.717, 1.165) is 30.4 Å². The monoisotopic (exact) mass is 542 g/mol. The zero-order valence-electron chi connectivity index (χ0n) is 22.0. The Morgan fingerprint density at radius 2 is 1.92 bits per heavy atom. The molecule has 11 heteroatoms. The van der Waals surface area contributed by atoms with Crippen molar-refractivity contribution >= 4 is 29.3 Å². The molecule has 3 atom stereocenters. The highest BCUT2D eigenvalue weighted by Gasteiger charge is 2.43. The van der Waals surface area contributed by atoms with Gasteiger partial charge in [-0.15, -0.1) is 5.10 Å². The van der Waals surface area contributed by atoms with Crippen molar-refractivity contribution in [3.8, 4) is 5.75 Å². The summed E-state index contributed by atoms with van der Waals surface area (Å²) in [6.07, 6.45) is 6.92. The number of fused-ring (bicyclic) bond motifs is 1. The van der Waals surface area contributed by atoms with Gasteiger partial charge in [0.25, 0.3) is 0 Å². The number of benzene rings is 1. The van der Waals surface area contributed by atoms with Crippen LogP contribution in [-0.2, 0) is 34.5 Å². The molecule has 2 fully saturated rings. The van der Waals surface area contributed by atoms with E-state index in [2.05, 4.69) is 15.6 Å². The molecule has 0 spiro atoms. The van der Waals surface area contributed by atoms with Crippen LogP contribution in [0.1, 0.15) is 61.4 Å². The number of aryl methyl sites for hydroxylation is 1. The average molecular weight is 543 g/mol. The van der Waals surface area contributed by atoms with E-state index in [1.54, 1.807) is 25.0 Å². The van der Waals surface area contributed by atoms with Crippen LogP contribution in [0.15, 0.2) is 18.3 Å². The first-order chi connectivity index (χ1) is 18.4. The van der Waals surface area contributed by atoms with Gasteiger partial charge in [0.15, 0.2) is 0 Å². The molecule has 1 aromatic heterocycles. The Balaban J connectivity index is 1.51. The van der Waals surface area contributed by atoms with Crippen LogP contribution >= 0.6 is 11.6 Å². The van der Waals surface area contributed by atoms with Crippen molar-refractivity contribution in [3.05, 3.63) is 40.2 Å². The Bertz CT molecular complexity index is 1220. The summed E-state index contributed by atoms with van der Waals surface area (Å²) in [4.78, 5) is 43.3. The van der Waals surface area contributed by atoms with Gasteiger partial charge in [-0.1, -0.05) is 29.7 Å². The van der Waals surface area contributed by atoms with Gasteiger partial charge in [-0.25, -0.2) is 0 Å². The number of hydrogen-bond acceptors (Lipinski definition) is 6. The van der Waals surface area contributed by atoms with E-state index in [0.29, 0.717) is 61.8 Å². The lowest BCUT2D eigenvalue weighted by atomic mass is 9.77. The summed E-state index contributed by atoms with van der Waals surface area (Å²) in [5.41, 5.74) is 2.46. The number of carbonyl (C=O) groups excluding carboxylic acids is 3. The molecule has 5 rings (SSSR count). The van der Waals surface area contributed by atoms with Gasteiger partial charge in [0, 0.05) is 62.6 Å². The van der Waals surface area contributed by atoms with Crippen molar-refractivity contribution in [1.82, 2.24) is 30.1 Å². The van der Waals surface area contributed by atoms with Crippen LogP contribution in [-0.4, -0.2) is 69.2 Å². The van der Waals surface area contributed by atoms with E-state index in [9.17, 15) is 14.4 Å². The summed E-state index contributed by atoms with van der Waals surface area (Å²) >= 11 is 6.69. The maximum absolute atomic E-state index is 14.2. The summed E-state index contributed by atoms with van der Waals surface area (Å²) in [7, 11) is 3.42. The van der Waals surface area contributed by atoms with Gasteiger partial charge in [-0.3, -0.25) is 19.1 Å². The van der Waals surface area contributed by atoms with Gasteiger partial charge < -0.3 is 19.9 Å². The molecule has 3 amide bonds. The topological polar surface area (TPSA) is 110 Å². The van der Waals surface area contributed by atoms with Gasteiger partial charge in [-0.05, 0) is 43.4 Å². The molecule has 1 aromatic carbocycles. The second-order valence-electron chi connectivity index (χ2n) is 10.5. The summed E-state index contributed by atoms with van der Waals surface area (Å²) in [5, 5.41) is 11.5. The Kier molecular flexibility index (Phi) is 7.88. The van der Waals surface area contributed by atoms with Crippen LogP contribution in [0, 0.1) is 11.8 Å². The van der Waals surface area contributed by atoms with Crippen molar-refractivity contribution < 1.29 is 19.1 Å². The Labute approximate surface area is 227 Å². The summed E-state index contributed by atoms with van der Waals surface area (Å²) in [5.74, 6) is -0.123. The lowest BCUT2D eigenvalue weighted by Gasteiger charge is -2.43. The predicted octanol–water partition coefficient (Wildman–Crippen LogP) is 2.65. The first-order valence-corrected chi connectivity index (χ1v) is 13.8. The van der Waals surface area contributed by atoms with Crippen molar-refractivity contribution in [2.75, 3.05) is 26.7 Å². The fourth-order valence-corrected chi connectivity index (χ4v) is 6.48. The fourth-order valence-electron chi connectivity index (χ4n) is 6.22.